The van der Waals surface area contributed by atoms with Crippen molar-refractivity contribution in [2.24, 2.45) is 0 Å². The molecule has 0 fully saturated rings. The van der Waals surface area contributed by atoms with Crippen molar-refractivity contribution >= 4 is 5.91 Å². The molecular weight excluding hydrogens is 353 g/mol. The van der Waals surface area contributed by atoms with E-state index in [4.69, 9.17) is 9.47 Å². The molecule has 1 N–H and O–H groups in total. The Kier molecular flexibility index (Phi) is 6.26. The Bertz CT molecular complexity index is 766. The number of ether oxygens (including phenoxy) is 3. The van der Waals surface area contributed by atoms with Gasteiger partial charge in [0.15, 0.2) is 6.61 Å². The number of nitrogens with zero attached hydrogens (tertiary/aromatic N) is 1. The Balaban J connectivity index is 2.01. The Morgan fingerprint density at radius 2 is 1.92 bits per heavy atom. The highest BCUT2D eigenvalue weighted by atomic mass is 19.4. The van der Waals surface area contributed by atoms with Gasteiger partial charge in [-0.1, -0.05) is 0 Å². The first-order chi connectivity index (χ1) is 12.3. The van der Waals surface area contributed by atoms with Gasteiger partial charge in [-0.05, 0) is 23.8 Å². The topological polar surface area (TPSA) is 69.7 Å². The lowest BCUT2D eigenvalue weighted by Crippen LogP contribution is -2.23. The summed E-state index contributed by atoms with van der Waals surface area (Å²) in [6.45, 7) is -1.35. The normalized spacial score (nSPS) is 11.0. The molecule has 1 amide bonds. The van der Waals surface area contributed by atoms with Crippen molar-refractivity contribution in [2.45, 2.75) is 12.7 Å². The molecule has 1 aromatic carbocycles. The highest BCUT2D eigenvalue weighted by molar-refractivity contribution is 5.97. The Morgan fingerprint density at radius 3 is 2.58 bits per heavy atom. The van der Waals surface area contributed by atoms with Crippen molar-refractivity contribution in [3.63, 3.8) is 0 Å². The van der Waals surface area contributed by atoms with Crippen LogP contribution >= 0.6 is 0 Å². The Labute approximate surface area is 147 Å². The molecule has 2 rings (SSSR count). The average Bonchev–Trinajstić information content (AvgIpc) is 2.63. The summed E-state index contributed by atoms with van der Waals surface area (Å²) in [5.41, 5.74) is 0.842. The average molecular weight is 370 g/mol. The van der Waals surface area contributed by atoms with Gasteiger partial charge in [-0.25, -0.2) is 4.98 Å². The summed E-state index contributed by atoms with van der Waals surface area (Å²) in [4.78, 5) is 16.0. The van der Waals surface area contributed by atoms with Gasteiger partial charge in [-0.3, -0.25) is 4.79 Å². The third-order valence-electron chi connectivity index (χ3n) is 3.29. The van der Waals surface area contributed by atoms with Crippen LogP contribution in [-0.2, 0) is 6.54 Å². The molecule has 0 bridgehead atoms. The molecule has 0 aliphatic carbocycles. The van der Waals surface area contributed by atoms with E-state index in [0.29, 0.717) is 22.6 Å². The predicted octanol–water partition coefficient (Wildman–Crippen LogP) is 2.97. The summed E-state index contributed by atoms with van der Waals surface area (Å²) in [5.74, 6) is 0.306. The van der Waals surface area contributed by atoms with Crippen LogP contribution in [0.15, 0.2) is 36.5 Å². The summed E-state index contributed by atoms with van der Waals surface area (Å²) >= 11 is 0. The summed E-state index contributed by atoms with van der Waals surface area (Å²) in [5, 5.41) is 2.66. The molecule has 140 valence electrons. The SMILES string of the molecule is COc1ccc(C(=O)NCc2ccnc(OCC(F)(F)F)c2)c(OC)c1. The van der Waals surface area contributed by atoms with Crippen molar-refractivity contribution in [1.29, 1.82) is 0 Å². The number of hydrogen-bond donors (Lipinski definition) is 1. The molecule has 1 aromatic heterocycles. The molecule has 0 atom stereocenters. The number of amides is 1. The minimum Gasteiger partial charge on any atom is -0.497 e. The van der Waals surface area contributed by atoms with E-state index in [1.807, 2.05) is 0 Å². The van der Waals surface area contributed by atoms with Gasteiger partial charge in [0.1, 0.15) is 11.5 Å². The lowest BCUT2D eigenvalue weighted by Gasteiger charge is -2.12. The second kappa shape index (κ2) is 8.41. The molecular formula is C17H17F3N2O4. The molecule has 0 radical (unpaired) electrons. The molecule has 0 aliphatic heterocycles. The van der Waals surface area contributed by atoms with Gasteiger partial charge in [-0.2, -0.15) is 13.2 Å². The summed E-state index contributed by atoms with van der Waals surface area (Å²) in [6, 6.07) is 7.64. The van der Waals surface area contributed by atoms with Crippen LogP contribution in [0.4, 0.5) is 13.2 Å². The number of methoxy groups -OCH3 is 2. The molecule has 2 aromatic rings. The van der Waals surface area contributed by atoms with Crippen molar-refractivity contribution in [2.75, 3.05) is 20.8 Å². The number of nitrogens with one attached hydrogen (secondary N) is 1. The highest BCUT2D eigenvalue weighted by Gasteiger charge is 2.28. The van der Waals surface area contributed by atoms with Crippen LogP contribution < -0.4 is 19.5 Å². The van der Waals surface area contributed by atoms with Crippen LogP contribution in [0.1, 0.15) is 15.9 Å². The third kappa shape index (κ3) is 5.54. The fourth-order valence-electron chi connectivity index (χ4n) is 2.06. The van der Waals surface area contributed by atoms with Gasteiger partial charge in [0.25, 0.3) is 5.91 Å². The molecule has 0 aliphatic rings. The quantitative estimate of drug-likeness (QED) is 0.812. The maximum atomic E-state index is 12.3. The molecule has 6 nitrogen and oxygen atoms in total. The standard InChI is InChI=1S/C17H17F3N2O4/c1-24-12-3-4-13(14(8-12)25-2)16(23)22-9-11-5-6-21-15(7-11)26-10-17(18,19)20/h3-8H,9-10H2,1-2H3,(H,22,23). The zero-order chi connectivity index (χ0) is 19.2. The first kappa shape index (κ1) is 19.4. The molecule has 0 unspecified atom stereocenters. The van der Waals surface area contributed by atoms with Gasteiger partial charge in [-0.15, -0.1) is 0 Å². The highest BCUT2D eigenvalue weighted by Crippen LogP contribution is 2.24. The second-order valence-electron chi connectivity index (χ2n) is 5.16. The van der Waals surface area contributed by atoms with Crippen molar-refractivity contribution in [3.8, 4) is 17.4 Å². The van der Waals surface area contributed by atoms with Gasteiger partial charge in [0, 0.05) is 24.9 Å². The third-order valence-corrected chi connectivity index (χ3v) is 3.29. The number of rotatable bonds is 7. The molecule has 1 heterocycles. The first-order valence-electron chi connectivity index (χ1n) is 7.47. The van der Waals surface area contributed by atoms with Gasteiger partial charge >= 0.3 is 6.18 Å². The number of carbonyl (C=O) groups is 1. The number of hydrogen-bond acceptors (Lipinski definition) is 5. The van der Waals surface area contributed by atoms with Gasteiger partial charge in [0.05, 0.1) is 19.8 Å². The maximum absolute atomic E-state index is 12.3. The van der Waals surface area contributed by atoms with E-state index < -0.39 is 18.7 Å². The number of carbonyl (C=O) groups excluding carboxylic acids is 1. The fraction of sp³-hybridized carbons (Fsp3) is 0.294. The smallest absolute Gasteiger partial charge is 0.422 e. The minimum atomic E-state index is -4.45. The molecule has 0 saturated heterocycles. The van der Waals surface area contributed by atoms with E-state index in [0.717, 1.165) is 0 Å². The van der Waals surface area contributed by atoms with Crippen LogP contribution in [-0.4, -0.2) is 37.9 Å². The maximum Gasteiger partial charge on any atom is 0.422 e. The monoisotopic (exact) mass is 370 g/mol. The first-order valence-corrected chi connectivity index (χ1v) is 7.47. The number of alkyl halides is 3. The van der Waals surface area contributed by atoms with E-state index >= 15 is 0 Å². The van der Waals surface area contributed by atoms with E-state index in [2.05, 4.69) is 15.0 Å². The predicted molar refractivity (Wildman–Crippen MR) is 86.5 cm³/mol. The summed E-state index contributed by atoms with van der Waals surface area (Å²) in [6.07, 6.45) is -3.14. The molecule has 9 heteroatoms. The van der Waals surface area contributed by atoms with Gasteiger partial charge in [0.2, 0.25) is 5.88 Å². The number of pyridine rings is 1. The van der Waals surface area contributed by atoms with Crippen LogP contribution in [0.5, 0.6) is 17.4 Å². The summed E-state index contributed by atoms with van der Waals surface area (Å²) < 4.78 is 51.4. The largest absolute Gasteiger partial charge is 0.497 e. The van der Waals surface area contributed by atoms with Crippen LogP contribution in [0, 0.1) is 0 Å². The van der Waals surface area contributed by atoms with Gasteiger partial charge < -0.3 is 19.5 Å². The lowest BCUT2D eigenvalue weighted by atomic mass is 10.1. The van der Waals surface area contributed by atoms with Crippen molar-refractivity contribution in [3.05, 3.63) is 47.7 Å². The Hall–Kier alpha value is -2.97. The Morgan fingerprint density at radius 1 is 1.15 bits per heavy atom. The zero-order valence-corrected chi connectivity index (χ0v) is 14.1. The second-order valence-corrected chi connectivity index (χ2v) is 5.16. The van der Waals surface area contributed by atoms with E-state index in [-0.39, 0.29) is 12.4 Å². The summed E-state index contributed by atoms with van der Waals surface area (Å²) in [7, 11) is 2.93. The van der Waals surface area contributed by atoms with Crippen LogP contribution in [0.25, 0.3) is 0 Å². The van der Waals surface area contributed by atoms with Crippen molar-refractivity contribution < 1.29 is 32.2 Å². The fourth-order valence-corrected chi connectivity index (χ4v) is 2.06. The molecule has 0 saturated carbocycles. The van der Waals surface area contributed by atoms with Crippen LogP contribution in [0.2, 0.25) is 0 Å². The number of benzene rings is 1. The minimum absolute atomic E-state index is 0.0823. The van der Waals surface area contributed by atoms with Crippen molar-refractivity contribution in [1.82, 2.24) is 10.3 Å². The van der Waals surface area contributed by atoms with E-state index in [9.17, 15) is 18.0 Å². The molecule has 0 spiro atoms. The van der Waals surface area contributed by atoms with E-state index in [1.165, 1.54) is 26.5 Å². The van der Waals surface area contributed by atoms with Crippen LogP contribution in [0.3, 0.4) is 0 Å². The lowest BCUT2D eigenvalue weighted by molar-refractivity contribution is -0.154. The number of aromatic nitrogens is 1. The van der Waals surface area contributed by atoms with E-state index in [1.54, 1.807) is 24.3 Å². The zero-order valence-electron chi connectivity index (χ0n) is 14.1. The molecule has 26 heavy (non-hydrogen) atoms. The number of halogens is 3.